The van der Waals surface area contributed by atoms with Crippen LogP contribution in [0.5, 0.6) is 0 Å². The second-order valence-electron chi connectivity index (χ2n) is 8.40. The smallest absolute Gasteiger partial charge is 0.254 e. The molecule has 1 N–H and O–H groups in total. The highest BCUT2D eigenvalue weighted by atomic mass is 16.2. The maximum atomic E-state index is 12.8. The van der Waals surface area contributed by atoms with Crippen molar-refractivity contribution in [3.05, 3.63) is 93.4 Å². The lowest BCUT2D eigenvalue weighted by molar-refractivity contribution is 0.0589. The Bertz CT molecular complexity index is 1090. The first-order valence-corrected chi connectivity index (χ1v) is 11.0. The van der Waals surface area contributed by atoms with Crippen LogP contribution in [0.3, 0.4) is 0 Å². The topological polar surface area (TPSA) is 82.2 Å². The van der Waals surface area contributed by atoms with Gasteiger partial charge in [0, 0.05) is 62.4 Å². The largest absolute Gasteiger partial charge is 0.339 e. The Morgan fingerprint density at radius 3 is 2.16 bits per heavy atom. The summed E-state index contributed by atoms with van der Waals surface area (Å²) in [5.41, 5.74) is 4.69. The molecule has 166 valence electrons. The third-order valence-electron chi connectivity index (χ3n) is 6.23. The summed E-state index contributed by atoms with van der Waals surface area (Å²) in [7, 11) is 0. The van der Waals surface area contributed by atoms with Crippen molar-refractivity contribution >= 4 is 5.91 Å². The van der Waals surface area contributed by atoms with E-state index in [9.17, 15) is 9.59 Å². The standard InChI is InChI=1S/C25H29N5O2/c1-18-5-3-10-26-22(18)16-30(17-23-19(2)6-4-11-27-23)21-8-13-29(14-9-21)25(32)20-7-12-28-24(31)15-20/h3-7,10-12,15,21H,8-9,13-14,16-17H2,1-2H3,(H,28,31). The molecule has 4 rings (SSSR count). The minimum Gasteiger partial charge on any atom is -0.339 e. The van der Waals surface area contributed by atoms with Gasteiger partial charge in [0.1, 0.15) is 0 Å². The minimum absolute atomic E-state index is 0.0813. The molecule has 0 saturated carbocycles. The summed E-state index contributed by atoms with van der Waals surface area (Å²) in [6, 6.07) is 11.5. The fourth-order valence-corrected chi connectivity index (χ4v) is 4.26. The quantitative estimate of drug-likeness (QED) is 0.649. The summed E-state index contributed by atoms with van der Waals surface area (Å²) < 4.78 is 0. The second-order valence-corrected chi connectivity index (χ2v) is 8.40. The monoisotopic (exact) mass is 431 g/mol. The predicted molar refractivity (Wildman–Crippen MR) is 123 cm³/mol. The fourth-order valence-electron chi connectivity index (χ4n) is 4.26. The summed E-state index contributed by atoms with van der Waals surface area (Å²) in [4.78, 5) is 40.5. The molecule has 0 aliphatic carbocycles. The zero-order valence-electron chi connectivity index (χ0n) is 18.6. The first-order valence-electron chi connectivity index (χ1n) is 11.0. The Hall–Kier alpha value is -3.32. The van der Waals surface area contributed by atoms with Gasteiger partial charge in [-0.05, 0) is 56.0 Å². The van der Waals surface area contributed by atoms with Gasteiger partial charge in [-0.25, -0.2) is 0 Å². The van der Waals surface area contributed by atoms with Crippen LogP contribution in [0.4, 0.5) is 0 Å². The third-order valence-corrected chi connectivity index (χ3v) is 6.23. The van der Waals surface area contributed by atoms with Gasteiger partial charge in [-0.1, -0.05) is 12.1 Å². The van der Waals surface area contributed by atoms with Gasteiger partial charge in [0.25, 0.3) is 5.91 Å². The van der Waals surface area contributed by atoms with Crippen molar-refractivity contribution in [1.29, 1.82) is 0 Å². The molecule has 0 radical (unpaired) electrons. The van der Waals surface area contributed by atoms with Crippen LogP contribution in [0.25, 0.3) is 0 Å². The van der Waals surface area contributed by atoms with Crippen LogP contribution in [0.2, 0.25) is 0 Å². The van der Waals surface area contributed by atoms with E-state index in [0.717, 1.165) is 37.3 Å². The van der Waals surface area contributed by atoms with Gasteiger partial charge in [0.15, 0.2) is 0 Å². The van der Waals surface area contributed by atoms with E-state index < -0.39 is 0 Å². The number of hydrogen-bond acceptors (Lipinski definition) is 5. The van der Waals surface area contributed by atoms with Crippen LogP contribution in [-0.2, 0) is 13.1 Å². The molecule has 7 nitrogen and oxygen atoms in total. The lowest BCUT2D eigenvalue weighted by atomic mass is 10.0. The number of hydrogen-bond donors (Lipinski definition) is 1. The molecule has 7 heteroatoms. The first kappa shape index (κ1) is 21.9. The number of amides is 1. The maximum absolute atomic E-state index is 12.8. The SMILES string of the molecule is Cc1cccnc1CN(Cc1ncccc1C)C1CCN(C(=O)c2cc[nH]c(=O)c2)CC1. The number of aryl methyl sites for hydroxylation is 2. The normalized spacial score (nSPS) is 14.7. The minimum atomic E-state index is -0.256. The lowest BCUT2D eigenvalue weighted by Crippen LogP contribution is -2.46. The molecule has 3 aromatic heterocycles. The van der Waals surface area contributed by atoms with Gasteiger partial charge in [-0.2, -0.15) is 0 Å². The zero-order valence-corrected chi connectivity index (χ0v) is 18.6. The predicted octanol–water partition coefficient (Wildman–Crippen LogP) is 3.09. The number of aromatic amines is 1. The Morgan fingerprint density at radius 1 is 1.03 bits per heavy atom. The van der Waals surface area contributed by atoms with Crippen molar-refractivity contribution in [2.45, 2.75) is 45.8 Å². The fraction of sp³-hybridized carbons (Fsp3) is 0.360. The van der Waals surface area contributed by atoms with Gasteiger partial charge in [0.2, 0.25) is 5.56 Å². The number of aromatic nitrogens is 3. The van der Waals surface area contributed by atoms with Crippen LogP contribution in [0.15, 0.2) is 59.8 Å². The average Bonchev–Trinajstić information content (AvgIpc) is 2.81. The molecule has 0 bridgehead atoms. The van der Waals surface area contributed by atoms with Crippen molar-refractivity contribution in [3.8, 4) is 0 Å². The Labute approximate surface area is 188 Å². The molecule has 32 heavy (non-hydrogen) atoms. The van der Waals surface area contributed by atoms with E-state index in [0.29, 0.717) is 24.7 Å². The number of pyridine rings is 3. The Kier molecular flexibility index (Phi) is 6.75. The van der Waals surface area contributed by atoms with E-state index in [-0.39, 0.29) is 11.5 Å². The van der Waals surface area contributed by atoms with Crippen molar-refractivity contribution in [2.75, 3.05) is 13.1 Å². The van der Waals surface area contributed by atoms with E-state index in [2.05, 4.69) is 45.8 Å². The summed E-state index contributed by atoms with van der Waals surface area (Å²) in [5.74, 6) is -0.0813. The molecule has 3 aromatic rings. The lowest BCUT2D eigenvalue weighted by Gasteiger charge is -2.38. The van der Waals surface area contributed by atoms with Gasteiger partial charge < -0.3 is 9.88 Å². The van der Waals surface area contributed by atoms with Crippen molar-refractivity contribution in [3.63, 3.8) is 0 Å². The summed E-state index contributed by atoms with van der Waals surface area (Å²) in [6.07, 6.45) is 6.94. The molecule has 1 saturated heterocycles. The molecule has 1 aliphatic rings. The number of carbonyl (C=O) groups excluding carboxylic acids is 1. The third kappa shape index (κ3) is 5.11. The molecule has 0 aromatic carbocycles. The highest BCUT2D eigenvalue weighted by molar-refractivity contribution is 5.94. The Balaban J connectivity index is 1.49. The highest BCUT2D eigenvalue weighted by Gasteiger charge is 2.28. The molecular weight excluding hydrogens is 402 g/mol. The molecule has 1 aliphatic heterocycles. The highest BCUT2D eigenvalue weighted by Crippen LogP contribution is 2.23. The van der Waals surface area contributed by atoms with Gasteiger partial charge >= 0.3 is 0 Å². The Morgan fingerprint density at radius 2 is 1.62 bits per heavy atom. The van der Waals surface area contributed by atoms with Crippen LogP contribution in [0.1, 0.15) is 45.7 Å². The number of nitrogens with one attached hydrogen (secondary N) is 1. The van der Waals surface area contributed by atoms with E-state index in [1.54, 1.807) is 6.07 Å². The number of H-pyrrole nitrogens is 1. The molecular formula is C25H29N5O2. The van der Waals surface area contributed by atoms with E-state index in [1.807, 2.05) is 29.4 Å². The molecule has 0 unspecified atom stereocenters. The number of piperidine rings is 1. The van der Waals surface area contributed by atoms with Crippen LogP contribution in [0, 0.1) is 13.8 Å². The van der Waals surface area contributed by atoms with Crippen molar-refractivity contribution in [1.82, 2.24) is 24.8 Å². The first-order chi connectivity index (χ1) is 15.5. The van der Waals surface area contributed by atoms with E-state index >= 15 is 0 Å². The second kappa shape index (κ2) is 9.87. The zero-order chi connectivity index (χ0) is 22.5. The molecule has 1 fully saturated rings. The summed E-state index contributed by atoms with van der Waals surface area (Å²) in [5, 5.41) is 0. The van der Waals surface area contributed by atoms with Gasteiger partial charge in [-0.3, -0.25) is 24.5 Å². The molecule has 0 atom stereocenters. The average molecular weight is 432 g/mol. The van der Waals surface area contributed by atoms with Crippen LogP contribution < -0.4 is 5.56 Å². The van der Waals surface area contributed by atoms with Crippen LogP contribution in [-0.4, -0.2) is 49.8 Å². The van der Waals surface area contributed by atoms with Crippen LogP contribution >= 0.6 is 0 Å². The van der Waals surface area contributed by atoms with Gasteiger partial charge in [-0.15, -0.1) is 0 Å². The maximum Gasteiger partial charge on any atom is 0.254 e. The van der Waals surface area contributed by atoms with E-state index in [4.69, 9.17) is 0 Å². The number of nitrogens with zero attached hydrogens (tertiary/aromatic N) is 4. The number of carbonyl (C=O) groups is 1. The summed E-state index contributed by atoms with van der Waals surface area (Å²) >= 11 is 0. The number of likely N-dealkylation sites (tertiary alicyclic amines) is 1. The molecule has 4 heterocycles. The molecule has 0 spiro atoms. The molecule has 1 amide bonds. The van der Waals surface area contributed by atoms with E-state index in [1.165, 1.54) is 23.4 Å². The number of rotatable bonds is 6. The summed E-state index contributed by atoms with van der Waals surface area (Å²) in [6.45, 7) is 7.00. The van der Waals surface area contributed by atoms with Crippen molar-refractivity contribution < 1.29 is 4.79 Å². The van der Waals surface area contributed by atoms with Gasteiger partial charge in [0.05, 0.1) is 11.4 Å². The van der Waals surface area contributed by atoms with Crippen molar-refractivity contribution in [2.24, 2.45) is 0 Å².